The molecular weight excluding hydrogens is 695 g/mol. The molecule has 3 N–H and O–H groups in total. The van der Waals surface area contributed by atoms with E-state index in [0.717, 1.165) is 38.7 Å². The van der Waals surface area contributed by atoms with Crippen molar-refractivity contribution in [3.8, 4) is 16.9 Å². The Morgan fingerprint density at radius 3 is 2.38 bits per heavy atom. The number of fused-ring (bicyclic) bond motifs is 2. The first-order valence-electron chi connectivity index (χ1n) is 18.4. The van der Waals surface area contributed by atoms with Crippen molar-refractivity contribution in [3.63, 3.8) is 0 Å². The summed E-state index contributed by atoms with van der Waals surface area (Å²) in [4.78, 5) is 58.7. The Morgan fingerprint density at radius 1 is 0.927 bits per heavy atom. The Labute approximate surface area is 320 Å². The van der Waals surface area contributed by atoms with E-state index in [2.05, 4.69) is 17.4 Å². The third kappa shape index (κ3) is 7.59. The van der Waals surface area contributed by atoms with Gasteiger partial charge < -0.3 is 19.5 Å². The van der Waals surface area contributed by atoms with Crippen LogP contribution >= 0.6 is 0 Å². The number of phenolic OH excluding ortho intramolecular Hbond substituents is 1. The van der Waals surface area contributed by atoms with Gasteiger partial charge in [0.25, 0.3) is 5.91 Å². The zero-order valence-electron chi connectivity index (χ0n) is 31.0. The van der Waals surface area contributed by atoms with Crippen LogP contribution in [0.2, 0.25) is 0 Å². The van der Waals surface area contributed by atoms with E-state index >= 15 is 0 Å². The van der Waals surface area contributed by atoms with Crippen LogP contribution in [0.1, 0.15) is 33.5 Å². The molecule has 12 heteroatoms. The molecule has 4 aromatic carbocycles. The van der Waals surface area contributed by atoms with Gasteiger partial charge in [-0.05, 0) is 52.9 Å². The van der Waals surface area contributed by atoms with Crippen molar-refractivity contribution < 1.29 is 24.3 Å². The van der Waals surface area contributed by atoms with Crippen LogP contribution in [0.3, 0.4) is 0 Å². The molecule has 0 spiro atoms. The monoisotopic (exact) mass is 739 g/mol. The number of phenols is 1. The average Bonchev–Trinajstić information content (AvgIpc) is 3.53. The van der Waals surface area contributed by atoms with Gasteiger partial charge in [-0.1, -0.05) is 78.9 Å². The number of hydrazine groups is 2. The van der Waals surface area contributed by atoms with Gasteiger partial charge in [0.1, 0.15) is 18.0 Å². The van der Waals surface area contributed by atoms with Crippen LogP contribution in [0.5, 0.6) is 5.75 Å². The summed E-state index contributed by atoms with van der Waals surface area (Å²) in [6.07, 6.45) is 3.95. The van der Waals surface area contributed by atoms with Gasteiger partial charge in [-0.2, -0.15) is 0 Å². The van der Waals surface area contributed by atoms with Crippen molar-refractivity contribution in [1.29, 1.82) is 0 Å². The second-order valence-corrected chi connectivity index (χ2v) is 14.0. The van der Waals surface area contributed by atoms with Gasteiger partial charge >= 0.3 is 0 Å². The quantitative estimate of drug-likeness (QED) is 0.128. The van der Waals surface area contributed by atoms with Crippen molar-refractivity contribution in [2.45, 2.75) is 38.0 Å². The van der Waals surface area contributed by atoms with E-state index in [4.69, 9.17) is 0 Å². The first-order valence-corrected chi connectivity index (χ1v) is 18.4. The van der Waals surface area contributed by atoms with Gasteiger partial charge in [0.2, 0.25) is 17.7 Å². The van der Waals surface area contributed by atoms with Gasteiger partial charge in [0, 0.05) is 62.7 Å². The van der Waals surface area contributed by atoms with Gasteiger partial charge in [0.15, 0.2) is 0 Å². The Kier molecular flexibility index (Phi) is 10.8. The first kappa shape index (κ1) is 37.1. The number of aromatic nitrogens is 1. The molecule has 282 valence electrons. The van der Waals surface area contributed by atoms with E-state index in [1.54, 1.807) is 69.3 Å². The number of nitrogens with zero attached hydrogens (tertiary/aromatic N) is 5. The summed E-state index contributed by atoms with van der Waals surface area (Å²) in [5.41, 5.74) is 11.4. The lowest BCUT2D eigenvalue weighted by Gasteiger charge is -2.55. The number of aromatic hydroxyl groups is 1. The summed E-state index contributed by atoms with van der Waals surface area (Å²) >= 11 is 0. The minimum Gasteiger partial charge on any atom is -0.508 e. The van der Waals surface area contributed by atoms with Crippen molar-refractivity contribution >= 4 is 34.5 Å². The number of hydrogen-bond acceptors (Lipinski definition) is 7. The normalized spacial score (nSPS) is 17.4. The van der Waals surface area contributed by atoms with Gasteiger partial charge in [-0.15, -0.1) is 6.58 Å². The molecular formula is C43H45N7O5. The molecule has 2 aliphatic rings. The molecule has 2 aliphatic heterocycles. The molecule has 12 nitrogen and oxygen atoms in total. The number of rotatable bonds is 12. The van der Waals surface area contributed by atoms with E-state index in [9.17, 15) is 24.3 Å². The van der Waals surface area contributed by atoms with Crippen LogP contribution in [0.15, 0.2) is 116 Å². The number of nitrogens with one attached hydrogen (secondary N) is 2. The van der Waals surface area contributed by atoms with E-state index < -0.39 is 12.2 Å². The summed E-state index contributed by atoms with van der Waals surface area (Å²) < 4.78 is 2.05. The minimum atomic E-state index is -0.882. The summed E-state index contributed by atoms with van der Waals surface area (Å²) in [6, 6.07) is 29.0. The van der Waals surface area contributed by atoms with Crippen molar-refractivity contribution in [2.24, 2.45) is 7.05 Å². The number of aryl methyl sites for hydroxylation is 2. The molecule has 0 saturated carbocycles. The number of amides is 4. The van der Waals surface area contributed by atoms with Crippen molar-refractivity contribution in [1.82, 2.24) is 35.2 Å². The molecule has 2 atom stereocenters. The lowest BCUT2D eigenvalue weighted by Crippen LogP contribution is -2.75. The smallest absolute Gasteiger partial charge is 0.265 e. The second-order valence-electron chi connectivity index (χ2n) is 14.0. The lowest BCUT2D eigenvalue weighted by atomic mass is 9.97. The fourth-order valence-electron chi connectivity index (χ4n) is 7.87. The highest BCUT2D eigenvalue weighted by Crippen LogP contribution is 2.35. The van der Waals surface area contributed by atoms with E-state index in [1.807, 2.05) is 78.5 Å². The first-order chi connectivity index (χ1) is 26.7. The van der Waals surface area contributed by atoms with Crippen molar-refractivity contribution in [2.75, 3.05) is 26.7 Å². The SMILES string of the molecule is C=CCN1CC(=O)N2[C@@H](Cc3ccc(O)cc3)C(=O)N(Cc3cccc4c(-c5ccc(C(=O)NNC)cc5)cn(C)c34)C[C@@H]2N1C(=O)CCc1ccccc1. The van der Waals surface area contributed by atoms with Gasteiger partial charge in [0.05, 0.1) is 18.6 Å². The number of carbonyl (C=O) groups excluding carboxylic acids is 4. The average molecular weight is 740 g/mol. The maximum Gasteiger partial charge on any atom is 0.265 e. The maximum absolute atomic E-state index is 14.7. The molecule has 3 heterocycles. The Hall–Kier alpha value is -6.24. The standard InChI is InChI=1S/C43H45N7O5/c1-4-23-48-28-40(53)49-37(24-30-13-20-34(51)21-14-30)43(55)47(27-38(49)50(48)39(52)22-15-29-9-6-5-7-10-29)25-33-11-8-12-35-36(26-46(3)41(33)35)31-16-18-32(19-17-31)42(54)45-44-2/h4-14,16-21,26,37-38,44,51H,1,15,22-25,27-28H2,2-3H3,(H,45,54)/t37-,38-/m0/s1. The highest BCUT2D eigenvalue weighted by Gasteiger charge is 2.51. The summed E-state index contributed by atoms with van der Waals surface area (Å²) in [7, 11) is 3.61. The number of para-hydroxylation sites is 1. The van der Waals surface area contributed by atoms with E-state index in [0.29, 0.717) is 12.0 Å². The number of piperazine rings is 1. The number of carbonyl (C=O) groups is 4. The molecule has 1 aromatic heterocycles. The number of hydrogen-bond donors (Lipinski definition) is 3. The molecule has 0 aliphatic carbocycles. The Bertz CT molecular complexity index is 2220. The maximum atomic E-state index is 14.7. The minimum absolute atomic E-state index is 0.0640. The molecule has 2 fully saturated rings. The molecule has 2 saturated heterocycles. The largest absolute Gasteiger partial charge is 0.508 e. The van der Waals surface area contributed by atoms with Crippen LogP contribution < -0.4 is 10.9 Å². The predicted molar refractivity (Wildman–Crippen MR) is 210 cm³/mol. The third-order valence-corrected chi connectivity index (χ3v) is 10.4. The molecule has 7 rings (SSSR count). The van der Waals surface area contributed by atoms with Gasteiger partial charge in [-0.3, -0.25) is 24.6 Å². The van der Waals surface area contributed by atoms with Crippen LogP contribution in [0, 0.1) is 0 Å². The summed E-state index contributed by atoms with van der Waals surface area (Å²) in [5.74, 6) is -0.721. The zero-order chi connectivity index (χ0) is 38.6. The Morgan fingerprint density at radius 2 is 1.67 bits per heavy atom. The summed E-state index contributed by atoms with van der Waals surface area (Å²) in [5, 5.41) is 14.4. The lowest BCUT2D eigenvalue weighted by molar-refractivity contribution is -0.205. The number of benzene rings is 4. The Balaban J connectivity index is 1.24. The van der Waals surface area contributed by atoms with Crippen molar-refractivity contribution in [3.05, 3.63) is 138 Å². The van der Waals surface area contributed by atoms with Crippen LogP contribution in [0.4, 0.5) is 0 Å². The fraction of sp³-hybridized carbons (Fsp3) is 0.256. The van der Waals surface area contributed by atoms with Crippen LogP contribution in [0.25, 0.3) is 22.0 Å². The predicted octanol–water partition coefficient (Wildman–Crippen LogP) is 4.40. The fourth-order valence-corrected chi connectivity index (χ4v) is 7.87. The van der Waals surface area contributed by atoms with E-state index in [1.165, 1.54) is 0 Å². The van der Waals surface area contributed by atoms with Crippen LogP contribution in [-0.2, 0) is 40.8 Å². The summed E-state index contributed by atoms with van der Waals surface area (Å²) in [6.45, 7) is 4.49. The van der Waals surface area contributed by atoms with Crippen LogP contribution in [-0.4, -0.2) is 92.0 Å². The topological polar surface area (TPSA) is 130 Å². The third-order valence-electron chi connectivity index (χ3n) is 10.4. The molecule has 55 heavy (non-hydrogen) atoms. The molecule has 0 bridgehead atoms. The molecule has 5 aromatic rings. The second kappa shape index (κ2) is 16.0. The van der Waals surface area contributed by atoms with Gasteiger partial charge in [-0.25, -0.2) is 15.4 Å². The highest BCUT2D eigenvalue weighted by atomic mass is 16.3. The highest BCUT2D eigenvalue weighted by molar-refractivity contribution is 5.99. The molecule has 0 unspecified atom stereocenters. The zero-order valence-corrected chi connectivity index (χ0v) is 31.0. The molecule has 4 amide bonds. The van der Waals surface area contributed by atoms with E-state index in [-0.39, 0.29) is 68.4 Å². The molecule has 0 radical (unpaired) electrons.